The molecular formula is C15H16OS. The van der Waals surface area contributed by atoms with Crippen LogP contribution in [-0.2, 0) is 4.75 Å². The van der Waals surface area contributed by atoms with Crippen molar-refractivity contribution in [1.82, 2.24) is 0 Å². The molecule has 0 amide bonds. The molecule has 0 aliphatic rings. The van der Waals surface area contributed by atoms with Gasteiger partial charge >= 0.3 is 0 Å². The normalized spacial score (nSPS) is 11.2. The Balaban J connectivity index is 2.14. The largest absolute Gasteiger partial charge is 0.457 e. The highest BCUT2D eigenvalue weighted by Gasteiger charge is 2.14. The molecule has 0 spiro atoms. The van der Waals surface area contributed by atoms with E-state index in [9.17, 15) is 0 Å². The summed E-state index contributed by atoms with van der Waals surface area (Å²) in [5.41, 5.74) is 1.18. The molecule has 88 valence electrons. The summed E-state index contributed by atoms with van der Waals surface area (Å²) in [5.74, 6) is 1.70. The number of para-hydroxylation sites is 1. The predicted octanol–water partition coefficient (Wildman–Crippen LogP) is 4.64. The molecule has 0 aliphatic carbocycles. The zero-order chi connectivity index (χ0) is 12.3. The maximum Gasteiger partial charge on any atom is 0.127 e. The van der Waals surface area contributed by atoms with Gasteiger partial charge < -0.3 is 4.74 Å². The highest BCUT2D eigenvalue weighted by Crippen LogP contribution is 2.29. The number of thiol groups is 1. The van der Waals surface area contributed by atoms with Gasteiger partial charge in [0, 0.05) is 4.75 Å². The van der Waals surface area contributed by atoms with Crippen molar-refractivity contribution in [1.29, 1.82) is 0 Å². The summed E-state index contributed by atoms with van der Waals surface area (Å²) in [6.07, 6.45) is 0. The minimum Gasteiger partial charge on any atom is -0.457 e. The molecule has 2 aromatic carbocycles. The minimum absolute atomic E-state index is 0.120. The lowest BCUT2D eigenvalue weighted by atomic mass is 10.0. The molecule has 1 nitrogen and oxygen atoms in total. The summed E-state index contributed by atoms with van der Waals surface area (Å²) in [7, 11) is 0. The molecule has 0 aromatic heterocycles. The smallest absolute Gasteiger partial charge is 0.127 e. The molecule has 0 radical (unpaired) electrons. The van der Waals surface area contributed by atoms with Crippen LogP contribution in [0.2, 0.25) is 0 Å². The molecule has 0 heterocycles. The summed E-state index contributed by atoms with van der Waals surface area (Å²) in [4.78, 5) is 0. The summed E-state index contributed by atoms with van der Waals surface area (Å²) < 4.78 is 5.60. The van der Waals surface area contributed by atoms with Gasteiger partial charge in [-0.25, -0.2) is 0 Å². The van der Waals surface area contributed by atoms with Gasteiger partial charge in [0.15, 0.2) is 0 Å². The van der Waals surface area contributed by atoms with E-state index in [0.29, 0.717) is 0 Å². The first-order chi connectivity index (χ1) is 8.05. The minimum atomic E-state index is -0.120. The van der Waals surface area contributed by atoms with Crippen molar-refractivity contribution >= 4 is 12.6 Å². The summed E-state index contributed by atoms with van der Waals surface area (Å²) in [5, 5.41) is 0. The van der Waals surface area contributed by atoms with Crippen molar-refractivity contribution in [3.8, 4) is 11.5 Å². The number of rotatable bonds is 3. The zero-order valence-corrected chi connectivity index (χ0v) is 10.9. The van der Waals surface area contributed by atoms with E-state index in [4.69, 9.17) is 4.74 Å². The van der Waals surface area contributed by atoms with E-state index < -0.39 is 0 Å². The third-order valence-electron chi connectivity index (χ3n) is 2.54. The SMILES string of the molecule is CC(C)(S)c1ccc(Oc2ccccc2)cc1. The fourth-order valence-corrected chi connectivity index (χ4v) is 1.70. The monoisotopic (exact) mass is 244 g/mol. The first kappa shape index (κ1) is 12.1. The standard InChI is InChI=1S/C15H16OS/c1-15(2,17)12-8-10-14(11-9-12)16-13-6-4-3-5-7-13/h3-11,17H,1-2H3. The molecule has 0 fully saturated rings. The second-order valence-corrected chi connectivity index (χ2v) is 5.62. The van der Waals surface area contributed by atoms with Crippen LogP contribution in [0.4, 0.5) is 0 Å². The lowest BCUT2D eigenvalue weighted by molar-refractivity contribution is 0.482. The van der Waals surface area contributed by atoms with Crippen LogP contribution in [0.1, 0.15) is 19.4 Å². The molecule has 0 saturated carbocycles. The highest BCUT2D eigenvalue weighted by molar-refractivity contribution is 7.81. The first-order valence-corrected chi connectivity index (χ1v) is 6.06. The third-order valence-corrected chi connectivity index (χ3v) is 2.80. The Bertz CT molecular complexity index is 469. The Morgan fingerprint density at radius 3 is 1.88 bits per heavy atom. The molecule has 0 unspecified atom stereocenters. The average Bonchev–Trinajstić information content (AvgIpc) is 2.30. The molecule has 17 heavy (non-hydrogen) atoms. The van der Waals surface area contributed by atoms with Gasteiger partial charge in [-0.05, 0) is 43.7 Å². The van der Waals surface area contributed by atoms with Gasteiger partial charge in [-0.2, -0.15) is 12.6 Å². The van der Waals surface area contributed by atoms with Crippen molar-refractivity contribution in [2.75, 3.05) is 0 Å². The van der Waals surface area contributed by atoms with Crippen molar-refractivity contribution in [3.63, 3.8) is 0 Å². The Labute approximate surface area is 108 Å². The van der Waals surface area contributed by atoms with Gasteiger partial charge in [-0.15, -0.1) is 0 Å². The van der Waals surface area contributed by atoms with Crippen molar-refractivity contribution in [3.05, 3.63) is 60.2 Å². The van der Waals surface area contributed by atoms with Crippen molar-refractivity contribution in [2.24, 2.45) is 0 Å². The van der Waals surface area contributed by atoms with Crippen LogP contribution in [-0.4, -0.2) is 0 Å². The maximum absolute atomic E-state index is 5.72. The summed E-state index contributed by atoms with van der Waals surface area (Å²) in [6, 6.07) is 17.8. The van der Waals surface area contributed by atoms with Crippen molar-refractivity contribution in [2.45, 2.75) is 18.6 Å². The molecule has 0 N–H and O–H groups in total. The van der Waals surface area contributed by atoms with Gasteiger partial charge in [-0.3, -0.25) is 0 Å². The van der Waals surface area contributed by atoms with Gasteiger partial charge in [0.05, 0.1) is 0 Å². The third kappa shape index (κ3) is 3.27. The fourth-order valence-electron chi connectivity index (χ4n) is 1.56. The lowest BCUT2D eigenvalue weighted by Crippen LogP contribution is -2.06. The average molecular weight is 244 g/mol. The number of hydrogen-bond donors (Lipinski definition) is 1. The van der Waals surface area contributed by atoms with Crippen LogP contribution >= 0.6 is 12.6 Å². The quantitative estimate of drug-likeness (QED) is 0.774. The molecule has 2 heteroatoms. The molecule has 0 aliphatic heterocycles. The van der Waals surface area contributed by atoms with Crippen LogP contribution in [0.3, 0.4) is 0 Å². The Morgan fingerprint density at radius 2 is 1.35 bits per heavy atom. The van der Waals surface area contributed by atoms with Gasteiger partial charge in [0.1, 0.15) is 11.5 Å². The maximum atomic E-state index is 5.72. The Kier molecular flexibility index (Phi) is 3.43. The van der Waals surface area contributed by atoms with Gasteiger partial charge in [-0.1, -0.05) is 30.3 Å². The number of hydrogen-bond acceptors (Lipinski definition) is 2. The van der Waals surface area contributed by atoms with Crippen LogP contribution < -0.4 is 4.74 Å². The van der Waals surface area contributed by atoms with Crippen LogP contribution in [0.5, 0.6) is 11.5 Å². The number of ether oxygens (including phenoxy) is 1. The Morgan fingerprint density at radius 1 is 0.824 bits per heavy atom. The van der Waals surface area contributed by atoms with Crippen LogP contribution in [0.25, 0.3) is 0 Å². The topological polar surface area (TPSA) is 9.23 Å². The van der Waals surface area contributed by atoms with Gasteiger partial charge in [0.2, 0.25) is 0 Å². The van der Waals surface area contributed by atoms with Crippen LogP contribution in [0.15, 0.2) is 54.6 Å². The highest BCUT2D eigenvalue weighted by atomic mass is 32.1. The second kappa shape index (κ2) is 4.84. The van der Waals surface area contributed by atoms with E-state index in [1.807, 2.05) is 54.6 Å². The van der Waals surface area contributed by atoms with E-state index in [1.54, 1.807) is 0 Å². The van der Waals surface area contributed by atoms with E-state index >= 15 is 0 Å². The van der Waals surface area contributed by atoms with E-state index in [0.717, 1.165) is 11.5 Å². The number of benzene rings is 2. The fraction of sp³-hybridized carbons (Fsp3) is 0.200. The summed E-state index contributed by atoms with van der Waals surface area (Å²) >= 11 is 4.54. The molecule has 0 bridgehead atoms. The van der Waals surface area contributed by atoms with E-state index in [2.05, 4.69) is 26.5 Å². The zero-order valence-electron chi connectivity index (χ0n) is 10.1. The molecular weight excluding hydrogens is 228 g/mol. The molecule has 0 saturated heterocycles. The molecule has 2 rings (SSSR count). The van der Waals surface area contributed by atoms with E-state index in [-0.39, 0.29) is 4.75 Å². The van der Waals surface area contributed by atoms with Crippen molar-refractivity contribution < 1.29 is 4.74 Å². The lowest BCUT2D eigenvalue weighted by Gasteiger charge is -2.18. The van der Waals surface area contributed by atoms with Crippen LogP contribution in [0, 0.1) is 0 Å². The van der Waals surface area contributed by atoms with Gasteiger partial charge in [0.25, 0.3) is 0 Å². The summed E-state index contributed by atoms with van der Waals surface area (Å²) in [6.45, 7) is 4.15. The first-order valence-electron chi connectivity index (χ1n) is 5.61. The molecule has 0 atom stereocenters. The Hall–Kier alpha value is -1.41. The van der Waals surface area contributed by atoms with E-state index in [1.165, 1.54) is 5.56 Å². The molecule has 2 aromatic rings. The predicted molar refractivity (Wildman–Crippen MR) is 75.0 cm³/mol. The second-order valence-electron chi connectivity index (χ2n) is 4.50.